The molecule has 0 saturated heterocycles. The van der Waals surface area contributed by atoms with Crippen molar-refractivity contribution < 1.29 is 15.0 Å². The van der Waals surface area contributed by atoms with Gasteiger partial charge in [0.05, 0.1) is 21.9 Å². The number of aliphatic hydroxyl groups excluding tert-OH is 1. The maximum absolute atomic E-state index is 10.8. The number of carboxylic acid groups (broad SMARTS) is 1. The van der Waals surface area contributed by atoms with Crippen LogP contribution >= 0.6 is 11.3 Å². The lowest BCUT2D eigenvalue weighted by molar-refractivity contribution is 0.0697. The van der Waals surface area contributed by atoms with Gasteiger partial charge < -0.3 is 15.5 Å². The van der Waals surface area contributed by atoms with Crippen molar-refractivity contribution in [3.05, 3.63) is 23.8 Å². The summed E-state index contributed by atoms with van der Waals surface area (Å²) in [5, 5.41) is 22.1. The van der Waals surface area contributed by atoms with Crippen molar-refractivity contribution in [2.24, 2.45) is 0 Å². The monoisotopic (exact) mass is 266 g/mol. The molecule has 0 aliphatic rings. The molecular weight excluding hydrogens is 252 g/mol. The van der Waals surface area contributed by atoms with Crippen LogP contribution in [-0.4, -0.2) is 33.8 Å². The Morgan fingerprint density at radius 2 is 2.33 bits per heavy atom. The first-order valence-corrected chi connectivity index (χ1v) is 6.47. The van der Waals surface area contributed by atoms with Crippen molar-refractivity contribution in [1.82, 2.24) is 4.98 Å². The third kappa shape index (κ3) is 2.77. The van der Waals surface area contributed by atoms with Gasteiger partial charge in [-0.15, -0.1) is 0 Å². The van der Waals surface area contributed by atoms with Gasteiger partial charge in [-0.05, 0) is 24.6 Å². The fourth-order valence-corrected chi connectivity index (χ4v) is 2.39. The predicted octanol–water partition coefficient (Wildman–Crippen LogP) is 2.18. The molecule has 0 amide bonds. The maximum Gasteiger partial charge on any atom is 0.335 e. The molecule has 0 bridgehead atoms. The Bertz CT molecular complexity index is 567. The average molecular weight is 266 g/mol. The van der Waals surface area contributed by atoms with E-state index in [9.17, 15) is 9.90 Å². The zero-order valence-corrected chi connectivity index (χ0v) is 10.7. The van der Waals surface area contributed by atoms with Gasteiger partial charge in [-0.2, -0.15) is 0 Å². The molecule has 1 heterocycles. The molecule has 1 atom stereocenters. The number of aromatic carboxylic acids is 1. The highest BCUT2D eigenvalue weighted by atomic mass is 32.1. The normalized spacial score (nSPS) is 12.6. The van der Waals surface area contributed by atoms with Gasteiger partial charge in [0.1, 0.15) is 0 Å². The van der Waals surface area contributed by atoms with Gasteiger partial charge in [-0.25, -0.2) is 9.78 Å². The third-order valence-corrected chi connectivity index (χ3v) is 3.57. The number of hydrogen-bond donors (Lipinski definition) is 3. The van der Waals surface area contributed by atoms with Crippen molar-refractivity contribution in [1.29, 1.82) is 0 Å². The number of aromatic nitrogens is 1. The van der Waals surface area contributed by atoms with Gasteiger partial charge in [0.15, 0.2) is 5.13 Å². The second kappa shape index (κ2) is 5.32. The van der Waals surface area contributed by atoms with Gasteiger partial charge in [0, 0.05) is 6.54 Å². The standard InChI is InChI=1S/C12H14N2O3S/c1-2-8(15)6-13-12-14-9-4-3-7(11(16)17)5-10(9)18-12/h3-5,8,15H,2,6H2,1H3,(H,13,14)(H,16,17)/t8-/m1/s1. The van der Waals surface area contributed by atoms with Crippen molar-refractivity contribution in [3.63, 3.8) is 0 Å². The Balaban J connectivity index is 2.19. The van der Waals surface area contributed by atoms with Gasteiger partial charge in [0.25, 0.3) is 0 Å². The van der Waals surface area contributed by atoms with Crippen LogP contribution in [0.2, 0.25) is 0 Å². The summed E-state index contributed by atoms with van der Waals surface area (Å²) in [6.07, 6.45) is 0.285. The molecule has 1 aromatic carbocycles. The summed E-state index contributed by atoms with van der Waals surface area (Å²) < 4.78 is 0.823. The number of thiazole rings is 1. The largest absolute Gasteiger partial charge is 0.478 e. The Morgan fingerprint density at radius 3 is 3.00 bits per heavy atom. The highest BCUT2D eigenvalue weighted by molar-refractivity contribution is 7.22. The minimum absolute atomic E-state index is 0.256. The lowest BCUT2D eigenvalue weighted by Crippen LogP contribution is -2.17. The number of aliphatic hydroxyl groups is 1. The molecule has 2 rings (SSSR count). The second-order valence-corrected chi connectivity index (χ2v) is 4.98. The second-order valence-electron chi connectivity index (χ2n) is 3.95. The molecular formula is C12H14N2O3S. The molecule has 96 valence electrons. The number of rotatable bonds is 5. The molecule has 18 heavy (non-hydrogen) atoms. The van der Waals surface area contributed by atoms with Gasteiger partial charge in [-0.3, -0.25) is 0 Å². The molecule has 0 spiro atoms. The molecule has 0 aliphatic heterocycles. The molecule has 0 saturated carbocycles. The lowest BCUT2D eigenvalue weighted by atomic mass is 10.2. The minimum atomic E-state index is -0.943. The summed E-state index contributed by atoms with van der Waals surface area (Å²) in [4.78, 5) is 15.2. The Kier molecular flexibility index (Phi) is 3.78. The summed E-state index contributed by atoms with van der Waals surface area (Å²) in [6.45, 7) is 2.35. The van der Waals surface area contributed by atoms with Crippen LogP contribution in [0.5, 0.6) is 0 Å². The fourth-order valence-electron chi connectivity index (χ4n) is 1.48. The van der Waals surface area contributed by atoms with Gasteiger partial charge in [-0.1, -0.05) is 18.3 Å². The summed E-state index contributed by atoms with van der Waals surface area (Å²) in [6, 6.07) is 4.84. The first-order chi connectivity index (χ1) is 8.60. The van der Waals surface area contributed by atoms with Crippen molar-refractivity contribution in [3.8, 4) is 0 Å². The van der Waals surface area contributed by atoms with Crippen LogP contribution < -0.4 is 5.32 Å². The fraction of sp³-hybridized carbons (Fsp3) is 0.333. The molecule has 0 aliphatic carbocycles. The number of nitrogens with zero attached hydrogens (tertiary/aromatic N) is 1. The van der Waals surface area contributed by atoms with Gasteiger partial charge in [0.2, 0.25) is 0 Å². The summed E-state index contributed by atoms with van der Waals surface area (Å²) in [5.74, 6) is -0.943. The van der Waals surface area contributed by atoms with E-state index in [1.165, 1.54) is 17.4 Å². The number of hydrogen-bond acceptors (Lipinski definition) is 5. The predicted molar refractivity (Wildman–Crippen MR) is 71.4 cm³/mol. The quantitative estimate of drug-likeness (QED) is 0.772. The summed E-state index contributed by atoms with van der Waals surface area (Å²) in [7, 11) is 0. The molecule has 0 radical (unpaired) electrons. The maximum atomic E-state index is 10.8. The van der Waals surface area contributed by atoms with E-state index in [0.717, 1.165) is 10.2 Å². The van der Waals surface area contributed by atoms with Gasteiger partial charge >= 0.3 is 5.97 Å². The van der Waals surface area contributed by atoms with E-state index < -0.39 is 12.1 Å². The Morgan fingerprint density at radius 1 is 1.56 bits per heavy atom. The van der Waals surface area contributed by atoms with Crippen LogP contribution in [0.4, 0.5) is 5.13 Å². The zero-order valence-electron chi connectivity index (χ0n) is 9.88. The number of carboxylic acids is 1. The molecule has 5 nitrogen and oxygen atoms in total. The molecule has 3 N–H and O–H groups in total. The molecule has 0 unspecified atom stereocenters. The average Bonchev–Trinajstić information content (AvgIpc) is 2.77. The van der Waals surface area contributed by atoms with E-state index in [4.69, 9.17) is 5.11 Å². The van der Waals surface area contributed by atoms with Crippen molar-refractivity contribution in [2.75, 3.05) is 11.9 Å². The van der Waals surface area contributed by atoms with E-state index in [1.807, 2.05) is 6.92 Å². The summed E-state index contributed by atoms with van der Waals surface area (Å²) >= 11 is 1.38. The number of carbonyl (C=O) groups is 1. The van der Waals surface area contributed by atoms with Crippen LogP contribution in [0.3, 0.4) is 0 Å². The van der Waals surface area contributed by atoms with E-state index in [1.54, 1.807) is 12.1 Å². The SMILES string of the molecule is CC[C@@H](O)CNc1nc2ccc(C(=O)O)cc2s1. The van der Waals surface area contributed by atoms with E-state index >= 15 is 0 Å². The Hall–Kier alpha value is -1.66. The van der Waals surface area contributed by atoms with E-state index in [0.29, 0.717) is 18.1 Å². The minimum Gasteiger partial charge on any atom is -0.478 e. The molecule has 0 fully saturated rings. The summed E-state index contributed by atoms with van der Waals surface area (Å²) in [5.41, 5.74) is 1.02. The van der Waals surface area contributed by atoms with Crippen molar-refractivity contribution in [2.45, 2.75) is 19.4 Å². The number of benzene rings is 1. The highest BCUT2D eigenvalue weighted by Crippen LogP contribution is 2.26. The van der Waals surface area contributed by atoms with Crippen LogP contribution in [-0.2, 0) is 0 Å². The smallest absolute Gasteiger partial charge is 0.335 e. The molecule has 1 aromatic heterocycles. The van der Waals surface area contributed by atoms with Crippen LogP contribution in [0.1, 0.15) is 23.7 Å². The Labute approximate surface area is 108 Å². The first kappa shape index (κ1) is 12.8. The van der Waals surface area contributed by atoms with Crippen LogP contribution in [0, 0.1) is 0 Å². The lowest BCUT2D eigenvalue weighted by Gasteiger charge is -2.07. The van der Waals surface area contributed by atoms with E-state index in [2.05, 4.69) is 10.3 Å². The number of fused-ring (bicyclic) bond motifs is 1. The van der Waals surface area contributed by atoms with Crippen LogP contribution in [0.15, 0.2) is 18.2 Å². The van der Waals surface area contributed by atoms with Crippen molar-refractivity contribution >= 4 is 32.7 Å². The first-order valence-electron chi connectivity index (χ1n) is 5.66. The highest BCUT2D eigenvalue weighted by Gasteiger charge is 2.09. The molecule has 2 aromatic rings. The molecule has 6 heteroatoms. The zero-order chi connectivity index (χ0) is 13.1. The topological polar surface area (TPSA) is 82.5 Å². The van der Waals surface area contributed by atoms with E-state index in [-0.39, 0.29) is 5.56 Å². The van der Waals surface area contributed by atoms with Crippen LogP contribution in [0.25, 0.3) is 10.2 Å². The number of nitrogens with one attached hydrogen (secondary N) is 1. The third-order valence-electron chi connectivity index (χ3n) is 2.60. The number of anilines is 1.